The van der Waals surface area contributed by atoms with Crippen molar-refractivity contribution in [1.82, 2.24) is 0 Å². The molecule has 1 aromatic rings. The van der Waals surface area contributed by atoms with Gasteiger partial charge in [0, 0.05) is 5.33 Å². The third-order valence-electron chi connectivity index (χ3n) is 2.76. The van der Waals surface area contributed by atoms with E-state index in [2.05, 4.69) is 34.1 Å². The van der Waals surface area contributed by atoms with Crippen molar-refractivity contribution in [2.24, 2.45) is 0 Å². The van der Waals surface area contributed by atoms with Gasteiger partial charge in [-0.15, -0.1) is 0 Å². The Bertz CT molecular complexity index is 291. The predicted molar refractivity (Wildman–Crippen MR) is 60.6 cm³/mol. The van der Waals surface area contributed by atoms with Crippen LogP contribution in [0.5, 0.6) is 0 Å². The van der Waals surface area contributed by atoms with Crippen molar-refractivity contribution in [1.29, 1.82) is 0 Å². The van der Waals surface area contributed by atoms with Crippen molar-refractivity contribution in [3.63, 3.8) is 0 Å². The number of fused-ring (bicyclic) bond motifs is 1. The first kappa shape index (κ1) is 9.26. The normalized spacial score (nSPS) is 14.5. The minimum Gasteiger partial charge on any atom is -0.0928 e. The van der Waals surface area contributed by atoms with E-state index >= 15 is 0 Å². The first-order valence-electron chi connectivity index (χ1n) is 5.07. The fourth-order valence-electron chi connectivity index (χ4n) is 2.05. The number of rotatable bonds is 3. The van der Waals surface area contributed by atoms with Crippen LogP contribution in [0.1, 0.15) is 29.5 Å². The molecule has 0 saturated heterocycles. The van der Waals surface area contributed by atoms with E-state index in [1.165, 1.54) is 37.7 Å². The van der Waals surface area contributed by atoms with E-state index in [4.69, 9.17) is 0 Å². The van der Waals surface area contributed by atoms with E-state index in [9.17, 15) is 0 Å². The van der Waals surface area contributed by atoms with E-state index in [0.717, 1.165) is 5.33 Å². The summed E-state index contributed by atoms with van der Waals surface area (Å²) in [5.41, 5.74) is 4.70. The number of hydrogen-bond acceptors (Lipinski definition) is 0. The van der Waals surface area contributed by atoms with Crippen LogP contribution >= 0.6 is 15.9 Å². The van der Waals surface area contributed by atoms with Gasteiger partial charge >= 0.3 is 0 Å². The molecule has 0 aromatic heterocycles. The highest BCUT2D eigenvalue weighted by Gasteiger charge is 2.10. The standard InChI is InChI=1S/C12H15Br/c13-8-2-3-10-6-7-11-4-1-5-12(11)9-10/h6-7,9H,1-5,8H2. The summed E-state index contributed by atoms with van der Waals surface area (Å²) in [6.45, 7) is 0. The van der Waals surface area contributed by atoms with Crippen LogP contribution in [0.4, 0.5) is 0 Å². The third kappa shape index (κ3) is 2.14. The number of alkyl halides is 1. The van der Waals surface area contributed by atoms with E-state index < -0.39 is 0 Å². The number of aryl methyl sites for hydroxylation is 3. The Kier molecular flexibility index (Phi) is 3.05. The van der Waals surface area contributed by atoms with E-state index in [-0.39, 0.29) is 0 Å². The summed E-state index contributed by atoms with van der Waals surface area (Å²) in [7, 11) is 0. The Morgan fingerprint density at radius 2 is 2.00 bits per heavy atom. The second-order valence-corrected chi connectivity index (χ2v) is 4.54. The smallest absolute Gasteiger partial charge is 0.00344 e. The molecule has 13 heavy (non-hydrogen) atoms. The second-order valence-electron chi connectivity index (χ2n) is 3.75. The molecule has 0 fully saturated rings. The Morgan fingerprint density at radius 3 is 2.85 bits per heavy atom. The van der Waals surface area contributed by atoms with Gasteiger partial charge in [-0.05, 0) is 48.8 Å². The van der Waals surface area contributed by atoms with Gasteiger partial charge in [-0.1, -0.05) is 34.1 Å². The molecule has 1 aliphatic rings. The molecule has 0 spiro atoms. The fraction of sp³-hybridized carbons (Fsp3) is 0.500. The van der Waals surface area contributed by atoms with E-state index in [1.54, 1.807) is 11.1 Å². The maximum Gasteiger partial charge on any atom is 0.00344 e. The lowest BCUT2D eigenvalue weighted by atomic mass is 10.0. The largest absolute Gasteiger partial charge is 0.0928 e. The van der Waals surface area contributed by atoms with Gasteiger partial charge in [0.2, 0.25) is 0 Å². The predicted octanol–water partition coefficient (Wildman–Crippen LogP) is 3.50. The quantitative estimate of drug-likeness (QED) is 0.708. The molecule has 0 bridgehead atoms. The van der Waals surface area contributed by atoms with Crippen LogP contribution in [0.25, 0.3) is 0 Å². The van der Waals surface area contributed by atoms with Gasteiger partial charge in [0.15, 0.2) is 0 Å². The highest BCUT2D eigenvalue weighted by molar-refractivity contribution is 9.09. The zero-order valence-electron chi connectivity index (χ0n) is 7.85. The summed E-state index contributed by atoms with van der Waals surface area (Å²) in [4.78, 5) is 0. The van der Waals surface area contributed by atoms with Crippen molar-refractivity contribution in [3.05, 3.63) is 34.9 Å². The molecule has 1 heteroatoms. The first-order chi connectivity index (χ1) is 6.40. The first-order valence-corrected chi connectivity index (χ1v) is 6.19. The highest BCUT2D eigenvalue weighted by atomic mass is 79.9. The minimum atomic E-state index is 1.12. The summed E-state index contributed by atoms with van der Waals surface area (Å²) >= 11 is 3.47. The van der Waals surface area contributed by atoms with Gasteiger partial charge in [-0.3, -0.25) is 0 Å². The number of halogens is 1. The van der Waals surface area contributed by atoms with Gasteiger partial charge in [0.05, 0.1) is 0 Å². The monoisotopic (exact) mass is 238 g/mol. The Hall–Kier alpha value is -0.300. The van der Waals surface area contributed by atoms with Crippen LogP contribution in [0.3, 0.4) is 0 Å². The van der Waals surface area contributed by atoms with Crippen LogP contribution in [0, 0.1) is 0 Å². The average molecular weight is 239 g/mol. The molecule has 1 aliphatic carbocycles. The highest BCUT2D eigenvalue weighted by Crippen LogP contribution is 2.23. The molecule has 0 radical (unpaired) electrons. The SMILES string of the molecule is BrCCCc1ccc2c(c1)CCC2. The van der Waals surface area contributed by atoms with Gasteiger partial charge in [0.1, 0.15) is 0 Å². The van der Waals surface area contributed by atoms with Gasteiger partial charge in [-0.25, -0.2) is 0 Å². The Labute approximate surface area is 88.5 Å². The molecule has 0 heterocycles. The molecular weight excluding hydrogens is 224 g/mol. The lowest BCUT2D eigenvalue weighted by molar-refractivity contribution is 0.909. The number of hydrogen-bond donors (Lipinski definition) is 0. The summed E-state index contributed by atoms with van der Waals surface area (Å²) in [5, 5.41) is 1.12. The lowest BCUT2D eigenvalue weighted by Gasteiger charge is -2.03. The maximum atomic E-state index is 3.47. The molecule has 0 N–H and O–H groups in total. The third-order valence-corrected chi connectivity index (χ3v) is 3.32. The molecule has 0 atom stereocenters. The molecule has 0 unspecified atom stereocenters. The van der Waals surface area contributed by atoms with Gasteiger partial charge < -0.3 is 0 Å². The van der Waals surface area contributed by atoms with Crippen LogP contribution in [0.2, 0.25) is 0 Å². The van der Waals surface area contributed by atoms with Crippen LogP contribution in [-0.4, -0.2) is 5.33 Å². The molecule has 0 saturated carbocycles. The van der Waals surface area contributed by atoms with Crippen molar-refractivity contribution < 1.29 is 0 Å². The van der Waals surface area contributed by atoms with Crippen LogP contribution < -0.4 is 0 Å². The van der Waals surface area contributed by atoms with Crippen molar-refractivity contribution >= 4 is 15.9 Å². The summed E-state index contributed by atoms with van der Waals surface area (Å²) in [6, 6.07) is 7.03. The summed E-state index contributed by atoms with van der Waals surface area (Å²) in [6.07, 6.45) is 6.43. The van der Waals surface area contributed by atoms with Crippen LogP contribution in [-0.2, 0) is 19.3 Å². The van der Waals surface area contributed by atoms with Crippen molar-refractivity contribution in [2.45, 2.75) is 32.1 Å². The topological polar surface area (TPSA) is 0 Å². The summed E-state index contributed by atoms with van der Waals surface area (Å²) < 4.78 is 0. The Balaban J connectivity index is 2.12. The van der Waals surface area contributed by atoms with Crippen molar-refractivity contribution in [2.75, 3.05) is 5.33 Å². The molecule has 2 rings (SSSR count). The fourth-order valence-corrected chi connectivity index (χ4v) is 2.33. The van der Waals surface area contributed by atoms with E-state index in [1.807, 2.05) is 0 Å². The molecular formula is C12H15Br. The molecule has 0 nitrogen and oxygen atoms in total. The van der Waals surface area contributed by atoms with Gasteiger partial charge in [-0.2, -0.15) is 0 Å². The zero-order chi connectivity index (χ0) is 9.10. The maximum absolute atomic E-state index is 3.47. The minimum absolute atomic E-state index is 1.12. The Morgan fingerprint density at radius 1 is 1.15 bits per heavy atom. The number of benzene rings is 1. The molecule has 70 valence electrons. The molecule has 1 aromatic carbocycles. The van der Waals surface area contributed by atoms with Gasteiger partial charge in [0.25, 0.3) is 0 Å². The second kappa shape index (κ2) is 4.28. The lowest BCUT2D eigenvalue weighted by Crippen LogP contribution is -1.89. The zero-order valence-corrected chi connectivity index (χ0v) is 9.44. The average Bonchev–Trinajstić information content (AvgIpc) is 2.61. The summed E-state index contributed by atoms with van der Waals surface area (Å²) in [5.74, 6) is 0. The molecule has 0 amide bonds. The molecule has 0 aliphatic heterocycles. The van der Waals surface area contributed by atoms with E-state index in [0.29, 0.717) is 0 Å². The van der Waals surface area contributed by atoms with Crippen LogP contribution in [0.15, 0.2) is 18.2 Å². The van der Waals surface area contributed by atoms with Crippen molar-refractivity contribution in [3.8, 4) is 0 Å².